The molecule has 1 saturated carbocycles. The van der Waals surface area contributed by atoms with Gasteiger partial charge in [-0.1, -0.05) is 0 Å². The van der Waals surface area contributed by atoms with Gasteiger partial charge >= 0.3 is 5.97 Å². The second kappa shape index (κ2) is 5.97. The van der Waals surface area contributed by atoms with Gasteiger partial charge in [-0.3, -0.25) is 9.78 Å². The number of anilines is 1. The Morgan fingerprint density at radius 2 is 1.88 bits per heavy atom. The molecule has 1 aliphatic carbocycles. The highest BCUT2D eigenvalue weighted by Crippen LogP contribution is 2.46. The van der Waals surface area contributed by atoms with E-state index < -0.39 is 12.0 Å². The SMILES string of the molecule is Cc1nccnc1N1CCC2(CC1)CC(C(=O)O)N(C(=O)C1CC1)C2. The van der Waals surface area contributed by atoms with Crippen LogP contribution in [0.1, 0.15) is 37.8 Å². The third-order valence-corrected chi connectivity index (χ3v) is 5.98. The fourth-order valence-corrected chi connectivity index (χ4v) is 4.34. The maximum absolute atomic E-state index is 12.5. The Bertz CT molecular complexity index is 695. The van der Waals surface area contributed by atoms with Gasteiger partial charge in [0.05, 0.1) is 5.69 Å². The highest BCUT2D eigenvalue weighted by molar-refractivity contribution is 5.87. The monoisotopic (exact) mass is 344 g/mol. The molecule has 2 saturated heterocycles. The van der Waals surface area contributed by atoms with E-state index in [4.69, 9.17) is 0 Å². The first kappa shape index (κ1) is 16.3. The van der Waals surface area contributed by atoms with E-state index in [1.807, 2.05) is 6.92 Å². The van der Waals surface area contributed by atoms with Gasteiger partial charge in [-0.2, -0.15) is 0 Å². The molecule has 1 spiro atoms. The van der Waals surface area contributed by atoms with Crippen molar-refractivity contribution in [1.82, 2.24) is 14.9 Å². The Balaban J connectivity index is 1.48. The van der Waals surface area contributed by atoms with E-state index in [1.54, 1.807) is 17.3 Å². The Kier molecular flexibility index (Phi) is 3.89. The molecule has 3 aliphatic rings. The molecule has 0 aromatic carbocycles. The smallest absolute Gasteiger partial charge is 0.326 e. The molecule has 7 heteroatoms. The van der Waals surface area contributed by atoms with Gasteiger partial charge in [-0.25, -0.2) is 9.78 Å². The number of likely N-dealkylation sites (tertiary alicyclic amines) is 1. The van der Waals surface area contributed by atoms with Crippen LogP contribution in [-0.4, -0.2) is 57.5 Å². The van der Waals surface area contributed by atoms with Crippen LogP contribution in [0.2, 0.25) is 0 Å². The van der Waals surface area contributed by atoms with Gasteiger partial charge in [0.15, 0.2) is 0 Å². The van der Waals surface area contributed by atoms with Crippen LogP contribution in [0, 0.1) is 18.3 Å². The van der Waals surface area contributed by atoms with Gasteiger partial charge in [0.25, 0.3) is 0 Å². The van der Waals surface area contributed by atoms with Crippen LogP contribution in [0.25, 0.3) is 0 Å². The number of carbonyl (C=O) groups excluding carboxylic acids is 1. The molecule has 0 bridgehead atoms. The molecule has 2 aliphatic heterocycles. The zero-order valence-corrected chi connectivity index (χ0v) is 14.5. The summed E-state index contributed by atoms with van der Waals surface area (Å²) < 4.78 is 0. The van der Waals surface area contributed by atoms with Crippen molar-refractivity contribution in [3.8, 4) is 0 Å². The zero-order valence-electron chi connectivity index (χ0n) is 14.5. The molecule has 3 heterocycles. The molecule has 1 aromatic heterocycles. The molecular weight excluding hydrogens is 320 g/mol. The number of rotatable bonds is 3. The largest absolute Gasteiger partial charge is 0.480 e. The Morgan fingerprint density at radius 1 is 1.20 bits per heavy atom. The fourth-order valence-electron chi connectivity index (χ4n) is 4.34. The normalized spacial score (nSPS) is 25.4. The standard InChI is InChI=1S/C18H24N4O3/c1-12-15(20-7-6-19-12)21-8-4-18(5-9-21)10-14(17(24)25)22(11-18)16(23)13-2-3-13/h6-7,13-14H,2-5,8-11H2,1H3,(H,24,25). The number of amides is 1. The first-order valence-corrected chi connectivity index (χ1v) is 9.05. The molecular formula is C18H24N4O3. The molecule has 1 aromatic rings. The zero-order chi connectivity index (χ0) is 17.6. The van der Waals surface area contributed by atoms with E-state index in [0.29, 0.717) is 13.0 Å². The number of piperidine rings is 1. The fraction of sp³-hybridized carbons (Fsp3) is 0.667. The van der Waals surface area contributed by atoms with Gasteiger partial charge in [0, 0.05) is 37.9 Å². The average molecular weight is 344 g/mol. The summed E-state index contributed by atoms with van der Waals surface area (Å²) in [6, 6.07) is -0.655. The predicted octanol–water partition coefficient (Wildman–Crippen LogP) is 1.47. The van der Waals surface area contributed by atoms with Crippen molar-refractivity contribution in [3.63, 3.8) is 0 Å². The summed E-state index contributed by atoms with van der Waals surface area (Å²) in [6.45, 7) is 4.21. The number of aromatic nitrogens is 2. The summed E-state index contributed by atoms with van der Waals surface area (Å²) in [4.78, 5) is 36.8. The van der Waals surface area contributed by atoms with E-state index in [9.17, 15) is 14.7 Å². The van der Waals surface area contributed by atoms with Crippen molar-refractivity contribution in [3.05, 3.63) is 18.1 Å². The van der Waals surface area contributed by atoms with Crippen molar-refractivity contribution < 1.29 is 14.7 Å². The summed E-state index contributed by atoms with van der Waals surface area (Å²) in [5, 5.41) is 9.59. The predicted molar refractivity (Wildman–Crippen MR) is 91.1 cm³/mol. The van der Waals surface area contributed by atoms with E-state index >= 15 is 0 Å². The molecule has 1 N–H and O–H groups in total. The van der Waals surface area contributed by atoms with Gasteiger partial charge in [-0.15, -0.1) is 0 Å². The Morgan fingerprint density at radius 3 is 2.48 bits per heavy atom. The van der Waals surface area contributed by atoms with Crippen molar-refractivity contribution in [1.29, 1.82) is 0 Å². The number of hydrogen-bond acceptors (Lipinski definition) is 5. The Hall–Kier alpha value is -2.18. The first-order chi connectivity index (χ1) is 12.0. The van der Waals surface area contributed by atoms with Crippen molar-refractivity contribution in [2.24, 2.45) is 11.3 Å². The van der Waals surface area contributed by atoms with E-state index in [2.05, 4.69) is 14.9 Å². The summed E-state index contributed by atoms with van der Waals surface area (Å²) in [7, 11) is 0. The number of aliphatic carboxylic acids is 1. The number of aryl methyl sites for hydroxylation is 1. The third kappa shape index (κ3) is 2.96. The van der Waals surface area contributed by atoms with Crippen molar-refractivity contribution in [2.45, 2.75) is 45.1 Å². The first-order valence-electron chi connectivity index (χ1n) is 9.05. The highest BCUT2D eigenvalue weighted by atomic mass is 16.4. The number of hydrogen-bond donors (Lipinski definition) is 1. The molecule has 134 valence electrons. The lowest BCUT2D eigenvalue weighted by molar-refractivity contribution is -0.148. The maximum atomic E-state index is 12.5. The molecule has 1 unspecified atom stereocenters. The van der Waals surface area contributed by atoms with Crippen LogP contribution in [0.4, 0.5) is 5.82 Å². The highest BCUT2D eigenvalue weighted by Gasteiger charge is 2.51. The van der Waals surface area contributed by atoms with Crippen LogP contribution in [0.15, 0.2) is 12.4 Å². The second-order valence-electron chi connectivity index (χ2n) is 7.75. The quantitative estimate of drug-likeness (QED) is 0.893. The topological polar surface area (TPSA) is 86.6 Å². The average Bonchev–Trinajstić information content (AvgIpc) is 3.38. The van der Waals surface area contributed by atoms with Gasteiger partial charge in [-0.05, 0) is 44.4 Å². The minimum atomic E-state index is -0.863. The van der Waals surface area contributed by atoms with Crippen LogP contribution in [-0.2, 0) is 9.59 Å². The lowest BCUT2D eigenvalue weighted by Gasteiger charge is -2.40. The van der Waals surface area contributed by atoms with Gasteiger partial charge < -0.3 is 14.9 Å². The van der Waals surface area contributed by atoms with Gasteiger partial charge in [0.1, 0.15) is 11.9 Å². The molecule has 7 nitrogen and oxygen atoms in total. The number of nitrogens with zero attached hydrogens (tertiary/aromatic N) is 4. The maximum Gasteiger partial charge on any atom is 0.326 e. The number of carboxylic acid groups (broad SMARTS) is 1. The molecule has 1 atom stereocenters. The summed E-state index contributed by atoms with van der Waals surface area (Å²) in [5.41, 5.74) is 0.846. The number of carbonyl (C=O) groups is 2. The van der Waals surface area contributed by atoms with Gasteiger partial charge in [0.2, 0.25) is 5.91 Å². The summed E-state index contributed by atoms with van der Waals surface area (Å²) in [6.07, 6.45) is 7.58. The van der Waals surface area contributed by atoms with E-state index in [0.717, 1.165) is 50.3 Å². The minimum Gasteiger partial charge on any atom is -0.480 e. The Labute approximate surface area is 147 Å². The molecule has 25 heavy (non-hydrogen) atoms. The lowest BCUT2D eigenvalue weighted by Crippen LogP contribution is -2.43. The van der Waals surface area contributed by atoms with Crippen molar-refractivity contribution in [2.75, 3.05) is 24.5 Å². The van der Waals surface area contributed by atoms with Crippen LogP contribution < -0.4 is 4.90 Å². The molecule has 3 fully saturated rings. The van der Waals surface area contributed by atoms with Crippen LogP contribution >= 0.6 is 0 Å². The molecule has 1 amide bonds. The lowest BCUT2D eigenvalue weighted by atomic mass is 9.76. The minimum absolute atomic E-state index is 0.0523. The van der Waals surface area contributed by atoms with E-state index in [-0.39, 0.29) is 17.2 Å². The second-order valence-corrected chi connectivity index (χ2v) is 7.75. The molecule has 4 rings (SSSR count). The van der Waals surface area contributed by atoms with E-state index in [1.165, 1.54) is 0 Å². The number of carboxylic acids is 1. The third-order valence-electron chi connectivity index (χ3n) is 5.98. The summed E-state index contributed by atoms with van der Waals surface area (Å²) >= 11 is 0. The molecule has 0 radical (unpaired) electrons. The van der Waals surface area contributed by atoms with Crippen LogP contribution in [0.3, 0.4) is 0 Å². The van der Waals surface area contributed by atoms with Crippen molar-refractivity contribution >= 4 is 17.7 Å². The van der Waals surface area contributed by atoms with Crippen LogP contribution in [0.5, 0.6) is 0 Å². The summed E-state index contributed by atoms with van der Waals surface area (Å²) in [5.74, 6) is 0.171.